The van der Waals surface area contributed by atoms with Gasteiger partial charge in [-0.1, -0.05) is 12.1 Å². The van der Waals surface area contributed by atoms with Gasteiger partial charge in [0.15, 0.2) is 5.78 Å². The molecule has 104 valence electrons. The van der Waals surface area contributed by atoms with Crippen molar-refractivity contribution < 1.29 is 18.0 Å². The van der Waals surface area contributed by atoms with Crippen LogP contribution < -0.4 is 5.32 Å². The van der Waals surface area contributed by atoms with Crippen molar-refractivity contribution in [2.24, 2.45) is 0 Å². The van der Waals surface area contributed by atoms with Gasteiger partial charge in [0, 0.05) is 5.56 Å². The van der Waals surface area contributed by atoms with Gasteiger partial charge in [-0.05, 0) is 44.9 Å². The van der Waals surface area contributed by atoms with Crippen molar-refractivity contribution >= 4 is 5.78 Å². The molecule has 2 nitrogen and oxygen atoms in total. The predicted octanol–water partition coefficient (Wildman–Crippen LogP) is 3.42. The Kier molecular flexibility index (Phi) is 3.67. The molecular formula is C14H16F3NO. The van der Waals surface area contributed by atoms with E-state index in [1.807, 2.05) is 0 Å². The normalized spacial score (nSPS) is 24.2. The number of halogens is 3. The van der Waals surface area contributed by atoms with Crippen molar-refractivity contribution in [3.05, 3.63) is 35.4 Å². The molecule has 1 aromatic rings. The maximum atomic E-state index is 12.6. The summed E-state index contributed by atoms with van der Waals surface area (Å²) < 4.78 is 37.9. The smallest absolute Gasteiger partial charge is 0.305 e. The quantitative estimate of drug-likeness (QED) is 0.835. The van der Waals surface area contributed by atoms with Crippen LogP contribution in [-0.2, 0) is 6.18 Å². The van der Waals surface area contributed by atoms with E-state index >= 15 is 0 Å². The van der Waals surface area contributed by atoms with Crippen molar-refractivity contribution in [2.45, 2.75) is 37.9 Å². The average Bonchev–Trinajstić information content (AvgIpc) is 2.38. The molecule has 1 saturated heterocycles. The Morgan fingerprint density at radius 3 is 2.63 bits per heavy atom. The fourth-order valence-corrected chi connectivity index (χ4v) is 2.41. The molecule has 0 saturated carbocycles. The Bertz CT molecular complexity index is 476. The van der Waals surface area contributed by atoms with Gasteiger partial charge >= 0.3 is 6.18 Å². The monoisotopic (exact) mass is 271 g/mol. The van der Waals surface area contributed by atoms with Crippen LogP contribution in [0.15, 0.2) is 24.3 Å². The maximum Gasteiger partial charge on any atom is 0.416 e. The summed E-state index contributed by atoms with van der Waals surface area (Å²) in [5.41, 5.74) is -1.41. The highest BCUT2D eigenvalue weighted by molar-refractivity contribution is 6.03. The second-order valence-electron chi connectivity index (χ2n) is 5.12. The fraction of sp³-hybridized carbons (Fsp3) is 0.500. The Hall–Kier alpha value is -1.36. The molecule has 0 bridgehead atoms. The van der Waals surface area contributed by atoms with Crippen molar-refractivity contribution in [1.82, 2.24) is 5.32 Å². The van der Waals surface area contributed by atoms with Crippen LogP contribution in [0.5, 0.6) is 0 Å². The number of Topliss-reactive ketones (excluding diaryl/α,β-unsaturated/α-hetero) is 1. The molecule has 1 unspecified atom stereocenters. The van der Waals surface area contributed by atoms with Gasteiger partial charge in [0.25, 0.3) is 0 Å². The van der Waals surface area contributed by atoms with Crippen LogP contribution in [0.3, 0.4) is 0 Å². The van der Waals surface area contributed by atoms with Crippen LogP contribution in [-0.4, -0.2) is 17.9 Å². The number of nitrogens with one attached hydrogen (secondary N) is 1. The molecule has 1 aromatic carbocycles. The molecule has 1 atom stereocenters. The minimum Gasteiger partial charge on any atom is -0.305 e. The number of alkyl halides is 3. The van der Waals surface area contributed by atoms with E-state index in [-0.39, 0.29) is 11.3 Å². The summed E-state index contributed by atoms with van der Waals surface area (Å²) >= 11 is 0. The van der Waals surface area contributed by atoms with E-state index in [9.17, 15) is 18.0 Å². The SMILES string of the molecule is CC1(C(=O)c2cccc(C(F)(F)F)c2)CCCCN1. The van der Waals surface area contributed by atoms with Gasteiger partial charge in [0.2, 0.25) is 0 Å². The molecule has 1 N–H and O–H groups in total. The lowest BCUT2D eigenvalue weighted by atomic mass is 9.83. The Morgan fingerprint density at radius 1 is 1.32 bits per heavy atom. The molecule has 0 radical (unpaired) electrons. The van der Waals surface area contributed by atoms with Crippen LogP contribution in [0.25, 0.3) is 0 Å². The molecule has 19 heavy (non-hydrogen) atoms. The molecule has 0 aromatic heterocycles. The lowest BCUT2D eigenvalue weighted by Crippen LogP contribution is -2.52. The minimum atomic E-state index is -4.42. The third-order valence-corrected chi connectivity index (χ3v) is 3.57. The molecule has 0 spiro atoms. The number of hydrogen-bond donors (Lipinski definition) is 1. The van der Waals surface area contributed by atoms with Crippen LogP contribution >= 0.6 is 0 Å². The predicted molar refractivity (Wildman–Crippen MR) is 66.0 cm³/mol. The lowest BCUT2D eigenvalue weighted by molar-refractivity contribution is -0.137. The zero-order chi connectivity index (χ0) is 14.1. The fourth-order valence-electron chi connectivity index (χ4n) is 2.41. The van der Waals surface area contributed by atoms with E-state index in [1.165, 1.54) is 12.1 Å². The van der Waals surface area contributed by atoms with E-state index in [2.05, 4.69) is 5.32 Å². The molecule has 1 aliphatic rings. The largest absolute Gasteiger partial charge is 0.416 e. The van der Waals surface area contributed by atoms with Gasteiger partial charge < -0.3 is 5.32 Å². The first-order valence-corrected chi connectivity index (χ1v) is 6.30. The van der Waals surface area contributed by atoms with E-state index in [0.29, 0.717) is 6.42 Å². The second kappa shape index (κ2) is 4.96. The Labute approximate surface area is 110 Å². The molecule has 1 fully saturated rings. The standard InChI is InChI=1S/C14H16F3NO/c1-13(7-2-3-8-18-13)12(19)10-5-4-6-11(9-10)14(15,16)17/h4-6,9,18H,2-3,7-8H2,1H3. The van der Waals surface area contributed by atoms with Crippen LogP contribution in [0.4, 0.5) is 13.2 Å². The van der Waals surface area contributed by atoms with Crippen molar-refractivity contribution in [1.29, 1.82) is 0 Å². The summed E-state index contributed by atoms with van der Waals surface area (Å²) in [4.78, 5) is 12.4. The summed E-state index contributed by atoms with van der Waals surface area (Å²) in [6, 6.07) is 4.64. The average molecular weight is 271 g/mol. The van der Waals surface area contributed by atoms with Gasteiger partial charge in [-0.15, -0.1) is 0 Å². The van der Waals surface area contributed by atoms with E-state index < -0.39 is 17.3 Å². The zero-order valence-corrected chi connectivity index (χ0v) is 10.7. The van der Waals surface area contributed by atoms with Gasteiger partial charge in [-0.25, -0.2) is 0 Å². The van der Waals surface area contributed by atoms with E-state index in [0.717, 1.165) is 31.5 Å². The number of rotatable bonds is 2. The van der Waals surface area contributed by atoms with Gasteiger partial charge in [-0.3, -0.25) is 4.79 Å². The van der Waals surface area contributed by atoms with Gasteiger partial charge in [0.1, 0.15) is 0 Å². The molecule has 0 amide bonds. The first-order valence-electron chi connectivity index (χ1n) is 6.30. The van der Waals surface area contributed by atoms with E-state index in [1.54, 1.807) is 6.92 Å². The van der Waals surface area contributed by atoms with Crippen LogP contribution in [0.1, 0.15) is 42.1 Å². The summed E-state index contributed by atoms with van der Waals surface area (Å²) in [5.74, 6) is -0.265. The third-order valence-electron chi connectivity index (χ3n) is 3.57. The molecule has 2 rings (SSSR count). The second-order valence-corrected chi connectivity index (χ2v) is 5.12. The maximum absolute atomic E-state index is 12.6. The summed E-state index contributed by atoms with van der Waals surface area (Å²) in [5, 5.41) is 3.12. The molecule has 0 aliphatic carbocycles. The molecule has 1 aliphatic heterocycles. The highest BCUT2D eigenvalue weighted by Crippen LogP contribution is 2.31. The number of carbonyl (C=O) groups excluding carboxylic acids is 1. The van der Waals surface area contributed by atoms with Crippen LogP contribution in [0, 0.1) is 0 Å². The lowest BCUT2D eigenvalue weighted by Gasteiger charge is -2.33. The number of hydrogen-bond acceptors (Lipinski definition) is 2. The van der Waals surface area contributed by atoms with Gasteiger partial charge in [0.05, 0.1) is 11.1 Å². The topological polar surface area (TPSA) is 29.1 Å². The summed E-state index contributed by atoms with van der Waals surface area (Å²) in [6.45, 7) is 2.48. The number of piperidine rings is 1. The van der Waals surface area contributed by atoms with Crippen LogP contribution in [0.2, 0.25) is 0 Å². The van der Waals surface area contributed by atoms with Crippen molar-refractivity contribution in [3.8, 4) is 0 Å². The third kappa shape index (κ3) is 2.97. The first-order chi connectivity index (χ1) is 8.83. The van der Waals surface area contributed by atoms with Gasteiger partial charge in [-0.2, -0.15) is 13.2 Å². The molecule has 1 heterocycles. The summed E-state index contributed by atoms with van der Waals surface area (Å²) in [7, 11) is 0. The van der Waals surface area contributed by atoms with Crippen molar-refractivity contribution in [2.75, 3.05) is 6.54 Å². The Balaban J connectivity index is 2.29. The zero-order valence-electron chi connectivity index (χ0n) is 10.7. The Morgan fingerprint density at radius 2 is 2.05 bits per heavy atom. The number of ketones is 1. The highest BCUT2D eigenvalue weighted by Gasteiger charge is 2.36. The number of benzene rings is 1. The first kappa shape index (κ1) is 14.1. The minimum absolute atomic E-state index is 0.117. The summed E-state index contributed by atoms with van der Waals surface area (Å²) in [6.07, 6.45) is -1.86. The highest BCUT2D eigenvalue weighted by atomic mass is 19.4. The van der Waals surface area contributed by atoms with Crippen molar-refractivity contribution in [3.63, 3.8) is 0 Å². The molecule has 5 heteroatoms. The molecular weight excluding hydrogens is 255 g/mol. The number of carbonyl (C=O) groups is 1. The van der Waals surface area contributed by atoms with E-state index in [4.69, 9.17) is 0 Å².